The molecule has 0 N–H and O–H groups in total. The largest absolute Gasteiger partial charge is 0.350 e. The maximum Gasteiger partial charge on any atom is 0.350 e. The second kappa shape index (κ2) is 12.6. The third kappa shape index (κ3) is 7.18. The van der Waals surface area contributed by atoms with Crippen molar-refractivity contribution >= 4 is 30.1 Å². The number of hydrogen-bond acceptors (Lipinski definition) is 5. The van der Waals surface area contributed by atoms with Crippen LogP contribution in [0, 0.1) is 5.92 Å². The van der Waals surface area contributed by atoms with Crippen molar-refractivity contribution in [1.82, 2.24) is 4.90 Å². The molecule has 6 heteroatoms. The molecule has 1 unspecified atom stereocenters. The van der Waals surface area contributed by atoms with E-state index in [-0.39, 0.29) is 24.3 Å². The molecule has 142 valence electrons. The Morgan fingerprint density at radius 2 is 1.84 bits per heavy atom. The van der Waals surface area contributed by atoms with Crippen molar-refractivity contribution in [3.8, 4) is 0 Å². The minimum Gasteiger partial charge on any atom is -0.301 e. The highest BCUT2D eigenvalue weighted by molar-refractivity contribution is 7.99. The molecule has 1 aliphatic heterocycles. The highest BCUT2D eigenvalue weighted by Crippen LogP contribution is 2.36. The van der Waals surface area contributed by atoms with Crippen LogP contribution in [0.25, 0.3) is 0 Å². The van der Waals surface area contributed by atoms with Crippen molar-refractivity contribution in [2.75, 3.05) is 37.7 Å². The summed E-state index contributed by atoms with van der Waals surface area (Å²) in [5, 5.41) is 0. The van der Waals surface area contributed by atoms with Gasteiger partial charge in [-0.05, 0) is 48.9 Å². The fourth-order valence-electron chi connectivity index (χ4n) is 3.17. The molecule has 4 nitrogen and oxygen atoms in total. The van der Waals surface area contributed by atoms with Crippen LogP contribution in [0.2, 0.25) is 0 Å². The quantitative estimate of drug-likeness (QED) is 0.361. The molecule has 0 bridgehead atoms. The van der Waals surface area contributed by atoms with Crippen LogP contribution in [0.4, 0.5) is 0 Å². The topological polar surface area (TPSA) is 38.8 Å². The molecule has 1 fully saturated rings. The van der Waals surface area contributed by atoms with E-state index in [2.05, 4.69) is 18.7 Å². The van der Waals surface area contributed by atoms with Gasteiger partial charge in [-0.1, -0.05) is 44.2 Å². The van der Waals surface area contributed by atoms with Crippen LogP contribution in [0.3, 0.4) is 0 Å². The summed E-state index contributed by atoms with van der Waals surface area (Å²) in [6, 6.07) is 9.97. The zero-order chi connectivity index (χ0) is 17.2. The molecule has 0 radical (unpaired) electrons. The summed E-state index contributed by atoms with van der Waals surface area (Å²) in [6.07, 6.45) is 2.11. The summed E-state index contributed by atoms with van der Waals surface area (Å²) in [7, 11) is 0. The van der Waals surface area contributed by atoms with E-state index in [9.17, 15) is 4.79 Å². The van der Waals surface area contributed by atoms with Crippen molar-refractivity contribution in [2.24, 2.45) is 5.92 Å². The lowest BCUT2D eigenvalue weighted by Crippen LogP contribution is -2.29. The molecule has 0 spiro atoms. The van der Waals surface area contributed by atoms with Crippen LogP contribution < -0.4 is 0 Å². The van der Waals surface area contributed by atoms with Gasteiger partial charge in [-0.15, -0.1) is 12.4 Å². The average Bonchev–Trinajstić information content (AvgIpc) is 2.64. The summed E-state index contributed by atoms with van der Waals surface area (Å²) in [5.41, 5.74) is 1.03. The predicted octanol–water partition coefficient (Wildman–Crippen LogP) is 4.15. The molecular formula is C19H30ClNO3S. The van der Waals surface area contributed by atoms with Gasteiger partial charge in [0.1, 0.15) is 6.61 Å². The average molecular weight is 388 g/mol. The molecule has 1 aromatic rings. The fourth-order valence-corrected chi connectivity index (χ4v) is 4.31. The van der Waals surface area contributed by atoms with Crippen molar-refractivity contribution in [3.63, 3.8) is 0 Å². The zero-order valence-corrected chi connectivity index (χ0v) is 16.8. The van der Waals surface area contributed by atoms with Crippen molar-refractivity contribution in [3.05, 3.63) is 35.9 Å². The van der Waals surface area contributed by atoms with Crippen LogP contribution in [0.15, 0.2) is 30.3 Å². The molecule has 1 aromatic carbocycles. The van der Waals surface area contributed by atoms with Crippen LogP contribution in [-0.2, 0) is 14.6 Å². The Balaban J connectivity index is 0.00000312. The summed E-state index contributed by atoms with van der Waals surface area (Å²) < 4.78 is 0. The normalized spacial score (nSPS) is 16.3. The number of likely N-dealkylation sites (N-methyl/N-ethyl adjacent to an activating group) is 1. The van der Waals surface area contributed by atoms with Crippen LogP contribution in [0.1, 0.15) is 38.2 Å². The van der Waals surface area contributed by atoms with Crippen molar-refractivity contribution in [1.29, 1.82) is 0 Å². The second-order valence-electron chi connectivity index (χ2n) is 6.09. The summed E-state index contributed by atoms with van der Waals surface area (Å²) in [6.45, 7) is 7.36. The Morgan fingerprint density at radius 3 is 2.44 bits per heavy atom. The molecule has 0 aliphatic carbocycles. The molecule has 1 aliphatic rings. The molecule has 0 amide bonds. The van der Waals surface area contributed by atoms with Crippen LogP contribution in [-0.4, -0.2) is 48.6 Å². The Morgan fingerprint density at radius 1 is 1.20 bits per heavy atom. The van der Waals surface area contributed by atoms with Crippen molar-refractivity contribution in [2.45, 2.75) is 32.6 Å². The molecule has 25 heavy (non-hydrogen) atoms. The SMILES string of the molecule is CCN(CC)CCOOC(=O)C(c1ccccc1)C1CCSCC1.Cl. The summed E-state index contributed by atoms with van der Waals surface area (Å²) >= 11 is 1.96. The highest BCUT2D eigenvalue weighted by Gasteiger charge is 2.33. The molecule has 1 atom stereocenters. The van der Waals surface area contributed by atoms with E-state index in [4.69, 9.17) is 9.78 Å². The maximum atomic E-state index is 12.7. The van der Waals surface area contributed by atoms with Gasteiger partial charge in [-0.25, -0.2) is 4.79 Å². The summed E-state index contributed by atoms with van der Waals surface area (Å²) in [4.78, 5) is 25.3. The fraction of sp³-hybridized carbons (Fsp3) is 0.632. The van der Waals surface area contributed by atoms with E-state index in [1.807, 2.05) is 42.1 Å². The number of thioether (sulfide) groups is 1. The Bertz CT molecular complexity index is 479. The zero-order valence-electron chi connectivity index (χ0n) is 15.2. The van der Waals surface area contributed by atoms with Crippen LogP contribution >= 0.6 is 24.2 Å². The van der Waals surface area contributed by atoms with Gasteiger partial charge < -0.3 is 4.90 Å². The van der Waals surface area contributed by atoms with Gasteiger partial charge in [-0.3, -0.25) is 4.89 Å². The minimum atomic E-state index is -0.252. The third-order valence-electron chi connectivity index (χ3n) is 4.68. The highest BCUT2D eigenvalue weighted by atomic mass is 35.5. The van der Waals surface area contributed by atoms with Crippen molar-refractivity contribution < 1.29 is 14.6 Å². The standard InChI is InChI=1S/C19H29NO3S.ClH/c1-3-20(4-2)12-13-22-23-19(21)18(16-8-6-5-7-9-16)17-10-14-24-15-11-17;/h5-9,17-18H,3-4,10-15H2,1-2H3;1H. The van der Waals surface area contributed by atoms with E-state index in [1.165, 1.54) is 0 Å². The lowest BCUT2D eigenvalue weighted by Gasteiger charge is -2.28. The number of rotatable bonds is 9. The first-order valence-electron chi connectivity index (χ1n) is 8.94. The van der Waals surface area contributed by atoms with E-state index in [0.29, 0.717) is 12.5 Å². The van der Waals surface area contributed by atoms with Gasteiger partial charge in [0.05, 0.1) is 5.92 Å². The first-order valence-corrected chi connectivity index (χ1v) is 10.1. The van der Waals surface area contributed by atoms with Gasteiger partial charge in [0.15, 0.2) is 0 Å². The smallest absolute Gasteiger partial charge is 0.301 e. The Hall–Kier alpha value is -0.750. The Kier molecular flexibility index (Phi) is 11.2. The van der Waals surface area contributed by atoms with Gasteiger partial charge in [0, 0.05) is 6.54 Å². The van der Waals surface area contributed by atoms with E-state index >= 15 is 0 Å². The Labute approximate surface area is 162 Å². The monoisotopic (exact) mass is 387 g/mol. The molecular weight excluding hydrogens is 358 g/mol. The number of benzene rings is 1. The van der Waals surface area contributed by atoms with E-state index < -0.39 is 0 Å². The second-order valence-corrected chi connectivity index (χ2v) is 7.31. The molecule has 0 aromatic heterocycles. The van der Waals surface area contributed by atoms with E-state index in [1.54, 1.807) is 0 Å². The number of carbonyl (C=O) groups excluding carboxylic acids is 1. The number of nitrogens with zero attached hydrogens (tertiary/aromatic N) is 1. The molecule has 0 saturated carbocycles. The minimum absolute atomic E-state index is 0. The first kappa shape index (κ1) is 22.3. The van der Waals surface area contributed by atoms with Gasteiger partial charge in [0.25, 0.3) is 0 Å². The number of carbonyl (C=O) groups is 1. The number of hydrogen-bond donors (Lipinski definition) is 0. The van der Waals surface area contributed by atoms with Gasteiger partial charge in [-0.2, -0.15) is 16.6 Å². The lowest BCUT2D eigenvalue weighted by molar-refractivity contribution is -0.275. The number of halogens is 1. The third-order valence-corrected chi connectivity index (χ3v) is 5.73. The molecule has 1 heterocycles. The maximum absolute atomic E-state index is 12.7. The molecule has 2 rings (SSSR count). The van der Waals surface area contributed by atoms with Gasteiger partial charge >= 0.3 is 5.97 Å². The first-order chi connectivity index (χ1) is 11.8. The lowest BCUT2D eigenvalue weighted by atomic mass is 9.82. The summed E-state index contributed by atoms with van der Waals surface area (Å²) in [5.74, 6) is 2.10. The predicted molar refractivity (Wildman–Crippen MR) is 106 cm³/mol. The van der Waals surface area contributed by atoms with E-state index in [0.717, 1.165) is 49.5 Å². The van der Waals surface area contributed by atoms with Crippen LogP contribution in [0.5, 0.6) is 0 Å². The van der Waals surface area contributed by atoms with Gasteiger partial charge in [0.2, 0.25) is 0 Å². The molecule has 1 saturated heterocycles.